The number of benzene rings is 1. The second-order valence-electron chi connectivity index (χ2n) is 5.83. The SMILES string of the molecule is O=C(c1c(F)cccc1Br)N1C[C@@H]2CCC[C@@]2(C(=O)O)C1. The van der Waals surface area contributed by atoms with Crippen LogP contribution < -0.4 is 0 Å². The minimum atomic E-state index is -0.840. The average Bonchev–Trinajstić information content (AvgIpc) is 2.95. The second-order valence-corrected chi connectivity index (χ2v) is 6.69. The lowest BCUT2D eigenvalue weighted by Gasteiger charge is -2.23. The fraction of sp³-hybridized carbons (Fsp3) is 0.467. The van der Waals surface area contributed by atoms with Gasteiger partial charge in [-0.2, -0.15) is 0 Å². The molecule has 1 heterocycles. The molecule has 0 unspecified atom stereocenters. The van der Waals surface area contributed by atoms with Crippen LogP contribution in [-0.2, 0) is 4.79 Å². The van der Waals surface area contributed by atoms with Crippen LogP contribution in [0.4, 0.5) is 4.39 Å². The third kappa shape index (κ3) is 2.16. The summed E-state index contributed by atoms with van der Waals surface area (Å²) in [7, 11) is 0. The number of amides is 1. The summed E-state index contributed by atoms with van der Waals surface area (Å²) in [6.07, 6.45) is 2.28. The van der Waals surface area contributed by atoms with E-state index in [1.54, 1.807) is 6.07 Å². The van der Waals surface area contributed by atoms with Crippen LogP contribution in [0.1, 0.15) is 29.6 Å². The van der Waals surface area contributed by atoms with Crippen LogP contribution in [0.15, 0.2) is 22.7 Å². The Morgan fingerprint density at radius 3 is 2.81 bits per heavy atom. The van der Waals surface area contributed by atoms with Crippen LogP contribution in [0, 0.1) is 17.2 Å². The van der Waals surface area contributed by atoms with Crippen LogP contribution in [0.25, 0.3) is 0 Å². The van der Waals surface area contributed by atoms with Crippen molar-refractivity contribution in [3.8, 4) is 0 Å². The van der Waals surface area contributed by atoms with Crippen molar-refractivity contribution >= 4 is 27.8 Å². The van der Waals surface area contributed by atoms with Crippen LogP contribution in [0.5, 0.6) is 0 Å². The quantitative estimate of drug-likeness (QED) is 0.887. The Morgan fingerprint density at radius 1 is 1.43 bits per heavy atom. The van der Waals surface area contributed by atoms with Crippen molar-refractivity contribution in [2.45, 2.75) is 19.3 Å². The molecule has 0 bridgehead atoms. The first-order valence-electron chi connectivity index (χ1n) is 6.92. The zero-order chi connectivity index (χ0) is 15.2. The molecule has 2 atom stereocenters. The number of carboxylic acids is 1. The van der Waals surface area contributed by atoms with E-state index < -0.39 is 23.1 Å². The summed E-state index contributed by atoms with van der Waals surface area (Å²) in [6.45, 7) is 0.568. The predicted molar refractivity (Wildman–Crippen MR) is 77.4 cm³/mol. The fourth-order valence-corrected chi connectivity index (χ4v) is 4.17. The Balaban J connectivity index is 1.90. The molecule has 6 heteroatoms. The molecule has 1 aromatic carbocycles. The first-order chi connectivity index (χ1) is 9.95. The predicted octanol–water partition coefficient (Wildman–Crippen LogP) is 2.92. The van der Waals surface area contributed by atoms with Gasteiger partial charge in [-0.1, -0.05) is 12.5 Å². The van der Waals surface area contributed by atoms with Crippen molar-refractivity contribution in [3.63, 3.8) is 0 Å². The van der Waals surface area contributed by atoms with Crippen LogP contribution >= 0.6 is 15.9 Å². The number of halogens is 2. The van der Waals surface area contributed by atoms with Crippen molar-refractivity contribution in [2.75, 3.05) is 13.1 Å². The van der Waals surface area contributed by atoms with Gasteiger partial charge < -0.3 is 10.0 Å². The smallest absolute Gasteiger partial charge is 0.311 e. The lowest BCUT2D eigenvalue weighted by atomic mass is 9.81. The largest absolute Gasteiger partial charge is 0.481 e. The zero-order valence-corrected chi connectivity index (χ0v) is 12.9. The molecule has 1 aromatic rings. The molecular weight excluding hydrogens is 341 g/mol. The first-order valence-corrected chi connectivity index (χ1v) is 7.72. The number of carbonyl (C=O) groups is 2. The van der Waals surface area contributed by atoms with E-state index in [9.17, 15) is 19.1 Å². The summed E-state index contributed by atoms with van der Waals surface area (Å²) in [4.78, 5) is 25.7. The molecule has 21 heavy (non-hydrogen) atoms. The normalized spacial score (nSPS) is 27.7. The number of rotatable bonds is 2. The average molecular weight is 356 g/mol. The number of fused-ring (bicyclic) bond motifs is 1. The number of carboxylic acid groups (broad SMARTS) is 1. The van der Waals surface area contributed by atoms with E-state index >= 15 is 0 Å². The van der Waals surface area contributed by atoms with Gasteiger partial charge in [0, 0.05) is 17.6 Å². The van der Waals surface area contributed by atoms with Gasteiger partial charge in [-0.25, -0.2) is 4.39 Å². The van der Waals surface area contributed by atoms with Gasteiger partial charge in [0.15, 0.2) is 0 Å². The molecule has 1 saturated carbocycles. The van der Waals surface area contributed by atoms with E-state index in [4.69, 9.17) is 0 Å². The van der Waals surface area contributed by atoms with Gasteiger partial charge >= 0.3 is 5.97 Å². The molecule has 1 saturated heterocycles. The standard InChI is InChI=1S/C15H15BrFNO3/c16-10-4-1-5-11(17)12(10)13(19)18-7-9-3-2-6-15(9,8-18)14(20)21/h1,4-5,9H,2-3,6-8H2,(H,20,21)/t9-,15+/m0/s1. The van der Waals surface area contributed by atoms with Crippen LogP contribution in [0.2, 0.25) is 0 Å². The highest BCUT2D eigenvalue weighted by atomic mass is 79.9. The monoisotopic (exact) mass is 355 g/mol. The van der Waals surface area contributed by atoms with E-state index in [1.807, 2.05) is 0 Å². The van der Waals surface area contributed by atoms with Crippen molar-refractivity contribution in [2.24, 2.45) is 11.3 Å². The minimum Gasteiger partial charge on any atom is -0.481 e. The number of likely N-dealkylation sites (tertiary alicyclic amines) is 1. The van der Waals surface area contributed by atoms with Crippen LogP contribution in [0.3, 0.4) is 0 Å². The summed E-state index contributed by atoms with van der Waals surface area (Å²) in [5.41, 5.74) is -0.856. The van der Waals surface area contributed by atoms with Gasteiger partial charge in [-0.05, 0) is 46.8 Å². The van der Waals surface area contributed by atoms with Gasteiger partial charge in [0.25, 0.3) is 5.91 Å². The van der Waals surface area contributed by atoms with Gasteiger partial charge in [-0.15, -0.1) is 0 Å². The van der Waals surface area contributed by atoms with Gasteiger partial charge in [0.2, 0.25) is 0 Å². The Bertz CT molecular complexity index is 601. The van der Waals surface area contributed by atoms with Gasteiger partial charge in [-0.3, -0.25) is 9.59 Å². The Morgan fingerprint density at radius 2 is 2.19 bits per heavy atom. The topological polar surface area (TPSA) is 57.6 Å². The molecule has 0 radical (unpaired) electrons. The lowest BCUT2D eigenvalue weighted by Crippen LogP contribution is -2.37. The zero-order valence-electron chi connectivity index (χ0n) is 11.3. The summed E-state index contributed by atoms with van der Waals surface area (Å²) < 4.78 is 14.3. The molecule has 0 aromatic heterocycles. The molecule has 4 nitrogen and oxygen atoms in total. The maximum atomic E-state index is 13.9. The van der Waals surface area contributed by atoms with Crippen LogP contribution in [-0.4, -0.2) is 35.0 Å². The number of hydrogen-bond acceptors (Lipinski definition) is 2. The molecule has 0 spiro atoms. The molecule has 112 valence electrons. The summed E-state index contributed by atoms with van der Waals surface area (Å²) >= 11 is 3.19. The van der Waals surface area contributed by atoms with Gasteiger partial charge in [0.05, 0.1) is 11.0 Å². The Hall–Kier alpha value is -1.43. The molecule has 3 rings (SSSR count). The third-order valence-corrected chi connectivity index (χ3v) is 5.42. The highest BCUT2D eigenvalue weighted by Crippen LogP contribution is 2.49. The number of carbonyl (C=O) groups excluding carboxylic acids is 1. The molecule has 2 aliphatic rings. The molecule has 1 aliphatic carbocycles. The molecule has 1 N–H and O–H groups in total. The maximum absolute atomic E-state index is 13.9. The number of nitrogens with zero attached hydrogens (tertiary/aromatic N) is 1. The molecule has 1 aliphatic heterocycles. The molecule has 1 amide bonds. The highest BCUT2D eigenvalue weighted by Gasteiger charge is 2.56. The number of aliphatic carboxylic acids is 1. The molecular formula is C15H15BrFNO3. The fourth-order valence-electron chi connectivity index (χ4n) is 3.65. The lowest BCUT2D eigenvalue weighted by molar-refractivity contribution is -0.149. The van der Waals surface area contributed by atoms with Crippen molar-refractivity contribution < 1.29 is 19.1 Å². The maximum Gasteiger partial charge on any atom is 0.311 e. The van der Waals surface area contributed by atoms with Crippen molar-refractivity contribution in [3.05, 3.63) is 34.1 Å². The first kappa shape index (κ1) is 14.5. The minimum absolute atomic E-state index is 0.0157. The van der Waals surface area contributed by atoms with Gasteiger partial charge in [0.1, 0.15) is 5.82 Å². The van der Waals surface area contributed by atoms with Crippen molar-refractivity contribution in [1.29, 1.82) is 0 Å². The van der Waals surface area contributed by atoms with E-state index in [2.05, 4.69) is 15.9 Å². The highest BCUT2D eigenvalue weighted by molar-refractivity contribution is 9.10. The number of hydrogen-bond donors (Lipinski definition) is 1. The third-order valence-electron chi connectivity index (χ3n) is 4.76. The van der Waals surface area contributed by atoms with E-state index in [0.29, 0.717) is 17.4 Å². The van der Waals surface area contributed by atoms with E-state index in [1.165, 1.54) is 17.0 Å². The Labute approximate surface area is 130 Å². The summed E-state index contributed by atoms with van der Waals surface area (Å²) in [6, 6.07) is 4.37. The van der Waals surface area contributed by atoms with E-state index in [-0.39, 0.29) is 18.0 Å². The summed E-state index contributed by atoms with van der Waals surface area (Å²) in [5.74, 6) is -1.89. The molecule has 2 fully saturated rings. The summed E-state index contributed by atoms with van der Waals surface area (Å²) in [5, 5.41) is 9.53. The van der Waals surface area contributed by atoms with E-state index in [0.717, 1.165) is 12.8 Å². The second kappa shape index (κ2) is 5.09. The Kier molecular flexibility index (Phi) is 3.51. The van der Waals surface area contributed by atoms with Crippen molar-refractivity contribution in [1.82, 2.24) is 4.90 Å².